The van der Waals surface area contributed by atoms with Crippen LogP contribution in [0.3, 0.4) is 0 Å². The van der Waals surface area contributed by atoms with E-state index in [2.05, 4.69) is 11.8 Å². The van der Waals surface area contributed by atoms with Gasteiger partial charge in [0.25, 0.3) is 0 Å². The SMILES string of the molecule is Cc1cccc(C#CC2(C3CCCC3)CC(=O)CC(=O)O2)c1. The van der Waals surface area contributed by atoms with Crippen LogP contribution in [-0.4, -0.2) is 17.4 Å². The Bertz CT molecular complexity index is 641. The standard InChI is InChI=1S/C19H20O3/c1-14-5-4-6-15(11-14)9-10-19(16-7-2-3-8-16)13-17(20)12-18(21)22-19/h4-6,11,16H,2-3,7-8,12-13H2,1H3. The molecule has 22 heavy (non-hydrogen) atoms. The van der Waals surface area contributed by atoms with Crippen LogP contribution in [0.15, 0.2) is 24.3 Å². The Morgan fingerprint density at radius 1 is 1.23 bits per heavy atom. The zero-order valence-corrected chi connectivity index (χ0v) is 12.9. The van der Waals surface area contributed by atoms with E-state index in [0.717, 1.165) is 36.8 Å². The Morgan fingerprint density at radius 3 is 2.68 bits per heavy atom. The zero-order chi connectivity index (χ0) is 15.6. The van der Waals surface area contributed by atoms with Crippen molar-refractivity contribution >= 4 is 11.8 Å². The first-order valence-corrected chi connectivity index (χ1v) is 7.91. The molecule has 1 aromatic carbocycles. The minimum absolute atomic E-state index is 0.0540. The molecule has 1 aliphatic heterocycles. The van der Waals surface area contributed by atoms with Crippen molar-refractivity contribution in [1.29, 1.82) is 0 Å². The van der Waals surface area contributed by atoms with Gasteiger partial charge in [-0.25, -0.2) is 0 Å². The van der Waals surface area contributed by atoms with Gasteiger partial charge >= 0.3 is 5.97 Å². The molecule has 0 bridgehead atoms. The highest BCUT2D eigenvalue weighted by Gasteiger charge is 2.47. The highest BCUT2D eigenvalue weighted by Crippen LogP contribution is 2.40. The lowest BCUT2D eigenvalue weighted by Crippen LogP contribution is -2.46. The summed E-state index contributed by atoms with van der Waals surface area (Å²) in [6.07, 6.45) is 4.31. The van der Waals surface area contributed by atoms with Gasteiger partial charge in [0.05, 0.1) is 6.42 Å². The molecule has 0 amide bonds. The monoisotopic (exact) mass is 296 g/mol. The van der Waals surface area contributed by atoms with Crippen LogP contribution >= 0.6 is 0 Å². The summed E-state index contributed by atoms with van der Waals surface area (Å²) in [5, 5.41) is 0. The molecule has 1 aliphatic carbocycles. The third-order valence-electron chi connectivity index (χ3n) is 4.55. The van der Waals surface area contributed by atoms with Crippen molar-refractivity contribution in [3.05, 3.63) is 35.4 Å². The summed E-state index contributed by atoms with van der Waals surface area (Å²) in [6, 6.07) is 7.92. The van der Waals surface area contributed by atoms with E-state index in [4.69, 9.17) is 4.74 Å². The summed E-state index contributed by atoms with van der Waals surface area (Å²) in [5.41, 5.74) is 1.12. The molecular weight excluding hydrogens is 276 g/mol. The van der Waals surface area contributed by atoms with E-state index >= 15 is 0 Å². The molecule has 114 valence electrons. The molecule has 3 heteroatoms. The van der Waals surface area contributed by atoms with E-state index in [9.17, 15) is 9.59 Å². The van der Waals surface area contributed by atoms with Gasteiger partial charge in [-0.3, -0.25) is 9.59 Å². The van der Waals surface area contributed by atoms with Gasteiger partial charge in [0.1, 0.15) is 12.2 Å². The topological polar surface area (TPSA) is 43.4 Å². The lowest BCUT2D eigenvalue weighted by atomic mass is 9.80. The molecule has 2 fully saturated rings. The van der Waals surface area contributed by atoms with Crippen LogP contribution in [0.2, 0.25) is 0 Å². The smallest absolute Gasteiger partial charge is 0.314 e. The average molecular weight is 296 g/mol. The van der Waals surface area contributed by atoms with Gasteiger partial charge in [-0.1, -0.05) is 30.9 Å². The molecule has 3 nitrogen and oxygen atoms in total. The minimum Gasteiger partial charge on any atom is -0.445 e. The number of carbonyl (C=O) groups excluding carboxylic acids is 2. The molecule has 1 aromatic rings. The maximum absolute atomic E-state index is 11.9. The minimum atomic E-state index is -0.910. The van der Waals surface area contributed by atoms with Gasteiger partial charge in [0.2, 0.25) is 0 Å². The largest absolute Gasteiger partial charge is 0.445 e. The summed E-state index contributed by atoms with van der Waals surface area (Å²) in [7, 11) is 0. The lowest BCUT2D eigenvalue weighted by molar-refractivity contribution is -0.168. The number of rotatable bonds is 1. The average Bonchev–Trinajstić information content (AvgIpc) is 2.99. The second-order valence-corrected chi connectivity index (χ2v) is 6.36. The van der Waals surface area contributed by atoms with Crippen molar-refractivity contribution < 1.29 is 14.3 Å². The second-order valence-electron chi connectivity index (χ2n) is 6.36. The Morgan fingerprint density at radius 2 is 2.00 bits per heavy atom. The Hall–Kier alpha value is -2.08. The summed E-state index contributed by atoms with van der Waals surface area (Å²) < 4.78 is 5.65. The third-order valence-corrected chi connectivity index (χ3v) is 4.55. The molecular formula is C19H20O3. The normalized spacial score (nSPS) is 25.5. The van der Waals surface area contributed by atoms with Crippen molar-refractivity contribution in [2.75, 3.05) is 0 Å². The maximum atomic E-state index is 11.9. The fourth-order valence-electron chi connectivity index (χ4n) is 3.48. The van der Waals surface area contributed by atoms with E-state index in [1.807, 2.05) is 31.2 Å². The van der Waals surface area contributed by atoms with Crippen LogP contribution < -0.4 is 0 Å². The molecule has 3 rings (SSSR count). The number of hydrogen-bond acceptors (Lipinski definition) is 3. The van der Waals surface area contributed by atoms with Crippen molar-refractivity contribution in [3.8, 4) is 11.8 Å². The number of ketones is 1. The second kappa shape index (κ2) is 5.96. The molecule has 1 saturated heterocycles. The van der Waals surface area contributed by atoms with E-state index in [-0.39, 0.29) is 24.5 Å². The molecule has 1 heterocycles. The van der Waals surface area contributed by atoms with Gasteiger partial charge in [-0.05, 0) is 43.4 Å². The molecule has 1 atom stereocenters. The molecule has 0 spiro atoms. The van der Waals surface area contributed by atoms with Crippen LogP contribution in [0.5, 0.6) is 0 Å². The van der Waals surface area contributed by atoms with Crippen LogP contribution in [0, 0.1) is 24.7 Å². The molecule has 2 aliphatic rings. The molecule has 0 aromatic heterocycles. The lowest BCUT2D eigenvalue weighted by Gasteiger charge is -2.36. The number of cyclic esters (lactones) is 1. The van der Waals surface area contributed by atoms with E-state index in [1.165, 1.54) is 0 Å². The van der Waals surface area contributed by atoms with Gasteiger partial charge in [0.15, 0.2) is 5.60 Å². The van der Waals surface area contributed by atoms with Crippen LogP contribution in [0.25, 0.3) is 0 Å². The summed E-state index contributed by atoms with van der Waals surface area (Å²) in [5.74, 6) is 6.00. The molecule has 1 saturated carbocycles. The number of esters is 1. The number of ether oxygens (including phenoxy) is 1. The van der Waals surface area contributed by atoms with Crippen molar-refractivity contribution in [3.63, 3.8) is 0 Å². The Labute approximate surface area is 131 Å². The first-order valence-electron chi connectivity index (χ1n) is 7.91. The van der Waals surface area contributed by atoms with Crippen LogP contribution in [0.4, 0.5) is 0 Å². The highest BCUT2D eigenvalue weighted by atomic mass is 16.6. The van der Waals surface area contributed by atoms with Gasteiger partial charge in [-0.15, -0.1) is 0 Å². The molecule has 1 unspecified atom stereocenters. The first-order chi connectivity index (χ1) is 10.6. The summed E-state index contributed by atoms with van der Waals surface area (Å²) >= 11 is 0. The molecule has 0 radical (unpaired) electrons. The fraction of sp³-hybridized carbons (Fsp3) is 0.474. The maximum Gasteiger partial charge on any atom is 0.314 e. The third kappa shape index (κ3) is 3.06. The number of Topliss-reactive ketones (excluding diaryl/α,β-unsaturated/α-hetero) is 1. The summed E-state index contributed by atoms with van der Waals surface area (Å²) in [6.45, 7) is 2.02. The van der Waals surface area contributed by atoms with Gasteiger partial charge < -0.3 is 4.74 Å². The van der Waals surface area contributed by atoms with Crippen molar-refractivity contribution in [1.82, 2.24) is 0 Å². The first kappa shape index (κ1) is 14.8. The summed E-state index contributed by atoms with van der Waals surface area (Å²) in [4.78, 5) is 23.7. The zero-order valence-electron chi connectivity index (χ0n) is 12.9. The molecule has 0 N–H and O–H groups in total. The number of benzene rings is 1. The van der Waals surface area contributed by atoms with Crippen molar-refractivity contribution in [2.24, 2.45) is 5.92 Å². The van der Waals surface area contributed by atoms with E-state index < -0.39 is 11.6 Å². The van der Waals surface area contributed by atoms with E-state index in [0.29, 0.717) is 0 Å². The predicted octanol–water partition coefficient (Wildman–Crippen LogP) is 3.18. The highest BCUT2D eigenvalue weighted by molar-refractivity contribution is 5.98. The Balaban J connectivity index is 1.95. The number of aryl methyl sites for hydroxylation is 1. The number of carbonyl (C=O) groups is 2. The number of hydrogen-bond donors (Lipinski definition) is 0. The van der Waals surface area contributed by atoms with Crippen LogP contribution in [0.1, 0.15) is 49.7 Å². The van der Waals surface area contributed by atoms with Crippen molar-refractivity contribution in [2.45, 2.75) is 51.0 Å². The quantitative estimate of drug-likeness (QED) is 0.454. The van der Waals surface area contributed by atoms with Gasteiger partial charge in [0, 0.05) is 11.5 Å². The Kier molecular flexibility index (Phi) is 4.02. The van der Waals surface area contributed by atoms with Gasteiger partial charge in [-0.2, -0.15) is 0 Å². The van der Waals surface area contributed by atoms with E-state index in [1.54, 1.807) is 0 Å². The van der Waals surface area contributed by atoms with Crippen LogP contribution in [-0.2, 0) is 14.3 Å². The predicted molar refractivity (Wildman–Crippen MR) is 83.1 cm³/mol. The fourth-order valence-corrected chi connectivity index (χ4v) is 3.48.